The molecule has 2 aliphatic heterocycles. The zero-order valence-electron chi connectivity index (χ0n) is 26.4. The number of carbonyl (C=O) groups excluding carboxylic acids is 4. The maximum atomic E-state index is 13.5. The van der Waals surface area contributed by atoms with Crippen LogP contribution in [0.2, 0.25) is 0 Å². The largest absolute Gasteiger partial charge is 0.452 e. The molecule has 1 aromatic heterocycles. The molecular weight excluding hydrogens is 550 g/mol. The Kier molecular flexibility index (Phi) is 11.8. The van der Waals surface area contributed by atoms with Crippen LogP contribution >= 0.6 is 0 Å². The Bertz CT molecular complexity index is 1340. The van der Waals surface area contributed by atoms with Gasteiger partial charge in [-0.2, -0.15) is 0 Å². The molecule has 43 heavy (non-hydrogen) atoms. The number of nitrogens with one attached hydrogen (secondary N) is 2. The minimum atomic E-state index is -1.06. The second kappa shape index (κ2) is 15.1. The van der Waals surface area contributed by atoms with E-state index >= 15 is 0 Å². The third-order valence-electron chi connectivity index (χ3n) is 7.63. The smallest absolute Gasteiger partial charge is 0.313 e. The van der Waals surface area contributed by atoms with Gasteiger partial charge in [-0.1, -0.05) is 44.2 Å². The summed E-state index contributed by atoms with van der Waals surface area (Å²) in [5.74, 6) is -2.51. The van der Waals surface area contributed by atoms with E-state index in [0.29, 0.717) is 19.4 Å². The van der Waals surface area contributed by atoms with Gasteiger partial charge in [-0.3, -0.25) is 29.2 Å². The number of aromatic nitrogens is 1. The van der Waals surface area contributed by atoms with Gasteiger partial charge in [0.05, 0.1) is 23.2 Å². The molecule has 0 radical (unpaired) electrons. The van der Waals surface area contributed by atoms with Crippen LogP contribution in [0.25, 0.3) is 17.0 Å². The van der Waals surface area contributed by atoms with Crippen molar-refractivity contribution in [3.05, 3.63) is 47.7 Å². The third kappa shape index (κ3) is 8.39. The lowest BCUT2D eigenvalue weighted by atomic mass is 10.0. The first kappa shape index (κ1) is 33.7. The van der Waals surface area contributed by atoms with Gasteiger partial charge >= 0.3 is 5.97 Å². The molecule has 3 heterocycles. The number of fused-ring (bicyclic) bond motifs is 4. The van der Waals surface area contributed by atoms with E-state index in [1.165, 1.54) is 5.01 Å². The summed E-state index contributed by atoms with van der Waals surface area (Å²) in [6.07, 6.45) is 3.70. The number of cyclic esters (lactones) is 1. The van der Waals surface area contributed by atoms with Crippen LogP contribution in [0.15, 0.2) is 36.4 Å². The summed E-state index contributed by atoms with van der Waals surface area (Å²) in [6, 6.07) is 7.94. The van der Waals surface area contributed by atoms with Crippen molar-refractivity contribution in [1.82, 2.24) is 25.6 Å². The van der Waals surface area contributed by atoms with Crippen molar-refractivity contribution < 1.29 is 28.7 Å². The molecule has 3 amide bonds. The number of pyridine rings is 1. The number of hydrogen-bond donors (Lipinski definition) is 2. The van der Waals surface area contributed by atoms with Crippen LogP contribution in [-0.4, -0.2) is 84.6 Å². The van der Waals surface area contributed by atoms with Crippen LogP contribution in [0.3, 0.4) is 0 Å². The topological polar surface area (TPSA) is 130 Å². The molecule has 1 aromatic carbocycles. The monoisotopic (exact) mass is 595 g/mol. The number of benzene rings is 1. The number of ether oxygens (including phenoxy) is 2. The summed E-state index contributed by atoms with van der Waals surface area (Å²) < 4.78 is 9.86. The molecule has 11 nitrogen and oxygen atoms in total. The maximum Gasteiger partial charge on any atom is 0.313 e. The van der Waals surface area contributed by atoms with Gasteiger partial charge < -0.3 is 19.7 Å². The van der Waals surface area contributed by atoms with Gasteiger partial charge in [-0.15, -0.1) is 0 Å². The highest BCUT2D eigenvalue weighted by Crippen LogP contribution is 2.24. The summed E-state index contributed by atoms with van der Waals surface area (Å²) in [6.45, 7) is 9.18. The Morgan fingerprint density at radius 1 is 1.02 bits per heavy atom. The Balaban J connectivity index is 0.00000162. The van der Waals surface area contributed by atoms with E-state index in [-0.39, 0.29) is 23.8 Å². The lowest BCUT2D eigenvalue weighted by Crippen LogP contribution is -2.61. The lowest BCUT2D eigenvalue weighted by Gasteiger charge is -2.37. The Labute approximate surface area is 253 Å². The Morgan fingerprint density at radius 2 is 1.70 bits per heavy atom. The van der Waals surface area contributed by atoms with E-state index in [2.05, 4.69) is 15.5 Å². The van der Waals surface area contributed by atoms with E-state index in [9.17, 15) is 19.2 Å². The normalized spacial score (nSPS) is 26.5. The van der Waals surface area contributed by atoms with Gasteiger partial charge in [0, 0.05) is 33.2 Å². The fourth-order valence-electron chi connectivity index (χ4n) is 4.89. The summed E-state index contributed by atoms with van der Waals surface area (Å²) >= 11 is 0. The predicted molar refractivity (Wildman–Crippen MR) is 164 cm³/mol. The molecule has 5 atom stereocenters. The van der Waals surface area contributed by atoms with E-state index in [1.54, 1.807) is 59.9 Å². The number of rotatable bonds is 1. The molecule has 4 unspecified atom stereocenters. The number of likely N-dealkylation sites (N-methyl/N-ethyl adjacent to an activating group) is 1. The highest BCUT2D eigenvalue weighted by atomic mass is 16.5. The Hall–Kier alpha value is -3.83. The SMILES string of the molecule is CC1/C=C/c2ccc3ccc(nc3c2)[C@@H](C)N(C)C(=O)C2CCCN(N2)C(=O)C(C)NC(=O)C(C(C)C)OC1=O.COC. The van der Waals surface area contributed by atoms with Crippen LogP contribution in [0.4, 0.5) is 0 Å². The van der Waals surface area contributed by atoms with E-state index in [0.717, 1.165) is 22.2 Å². The molecule has 0 spiro atoms. The van der Waals surface area contributed by atoms with Gasteiger partial charge in [0.1, 0.15) is 12.1 Å². The standard InChI is InChI=1S/C30H39N5O5.C2H6O/c1-17(2)26-27(36)31-19(4)28(37)35-15-7-8-24(33-35)29(38)34(6)20(5)23-14-13-22-12-11-21(16-25(22)32-23)10-9-18(3)30(39)40-26;1-3-2/h9-14,16-20,24,26,33H,7-8,15H2,1-6H3,(H,31,36);1-2H3/b10-9+;/t18?,19?,20-,24?,26?;/m1./s1. The number of methoxy groups -OCH3 is 1. The molecular formula is C32H45N5O6. The molecule has 2 aromatic rings. The number of amides is 3. The molecule has 4 rings (SSSR count). The van der Waals surface area contributed by atoms with Crippen molar-refractivity contribution in [2.45, 2.75) is 71.7 Å². The van der Waals surface area contributed by atoms with Gasteiger partial charge in [0.25, 0.3) is 11.8 Å². The third-order valence-corrected chi connectivity index (χ3v) is 7.63. The maximum absolute atomic E-state index is 13.5. The lowest BCUT2D eigenvalue weighted by molar-refractivity contribution is -0.161. The molecule has 5 bridgehead atoms. The molecule has 2 aliphatic rings. The zero-order chi connectivity index (χ0) is 31.8. The molecule has 11 heteroatoms. The molecule has 0 saturated carbocycles. The summed E-state index contributed by atoms with van der Waals surface area (Å²) in [5, 5.41) is 5.05. The average Bonchev–Trinajstić information content (AvgIpc) is 3.00. The summed E-state index contributed by atoms with van der Waals surface area (Å²) in [5.41, 5.74) is 5.44. The summed E-state index contributed by atoms with van der Waals surface area (Å²) in [4.78, 5) is 59.2. The van der Waals surface area contributed by atoms with Gasteiger partial charge in [0.2, 0.25) is 5.91 Å². The van der Waals surface area contributed by atoms with Crippen LogP contribution < -0.4 is 10.7 Å². The van der Waals surface area contributed by atoms with Crippen molar-refractivity contribution in [2.75, 3.05) is 27.8 Å². The summed E-state index contributed by atoms with van der Waals surface area (Å²) in [7, 11) is 4.99. The van der Waals surface area contributed by atoms with Crippen LogP contribution in [-0.2, 0) is 28.7 Å². The van der Waals surface area contributed by atoms with Crippen LogP contribution in [0, 0.1) is 11.8 Å². The fraction of sp³-hybridized carbons (Fsp3) is 0.531. The van der Waals surface area contributed by atoms with Crippen molar-refractivity contribution in [2.24, 2.45) is 11.8 Å². The first-order chi connectivity index (χ1) is 20.4. The highest BCUT2D eigenvalue weighted by molar-refractivity contribution is 5.91. The molecule has 0 aliphatic carbocycles. The molecule has 1 fully saturated rings. The van der Waals surface area contributed by atoms with Crippen molar-refractivity contribution in [1.29, 1.82) is 0 Å². The molecule has 1 saturated heterocycles. The number of hydrazine groups is 1. The quantitative estimate of drug-likeness (QED) is 0.481. The average molecular weight is 596 g/mol. The highest BCUT2D eigenvalue weighted by Gasteiger charge is 2.35. The van der Waals surface area contributed by atoms with Gasteiger partial charge in [-0.05, 0) is 57.2 Å². The first-order valence-corrected chi connectivity index (χ1v) is 14.7. The van der Waals surface area contributed by atoms with Crippen LogP contribution in [0.1, 0.15) is 64.8 Å². The number of esters is 1. The fourth-order valence-corrected chi connectivity index (χ4v) is 4.89. The predicted octanol–water partition coefficient (Wildman–Crippen LogP) is 3.25. The number of hydrogen-bond acceptors (Lipinski definition) is 8. The second-order valence-electron chi connectivity index (χ2n) is 11.5. The minimum Gasteiger partial charge on any atom is -0.452 e. The van der Waals surface area contributed by atoms with E-state index in [1.807, 2.05) is 43.3 Å². The van der Waals surface area contributed by atoms with Gasteiger partial charge in [0.15, 0.2) is 6.10 Å². The van der Waals surface area contributed by atoms with Crippen molar-refractivity contribution in [3.8, 4) is 0 Å². The zero-order valence-corrected chi connectivity index (χ0v) is 26.4. The Morgan fingerprint density at radius 3 is 2.37 bits per heavy atom. The molecule has 234 valence electrons. The second-order valence-corrected chi connectivity index (χ2v) is 11.5. The van der Waals surface area contributed by atoms with Crippen molar-refractivity contribution >= 4 is 40.7 Å². The number of carbonyl (C=O) groups is 4. The van der Waals surface area contributed by atoms with Crippen LogP contribution in [0.5, 0.6) is 0 Å². The first-order valence-electron chi connectivity index (χ1n) is 14.7. The van der Waals surface area contributed by atoms with Crippen molar-refractivity contribution in [3.63, 3.8) is 0 Å². The van der Waals surface area contributed by atoms with E-state index < -0.39 is 36.0 Å². The minimum absolute atomic E-state index is 0.146. The number of nitrogens with zero attached hydrogens (tertiary/aromatic N) is 3. The van der Waals surface area contributed by atoms with Gasteiger partial charge in [-0.25, -0.2) is 5.43 Å². The van der Waals surface area contributed by atoms with E-state index in [4.69, 9.17) is 9.72 Å². The molecule has 2 N–H and O–H groups in total.